The van der Waals surface area contributed by atoms with Crippen LogP contribution < -0.4 is 0 Å². The monoisotopic (exact) mass is 318 g/mol. The number of carbonyl (C=O) groups excluding carboxylic acids is 1. The van der Waals surface area contributed by atoms with Crippen molar-refractivity contribution >= 4 is 5.78 Å². The molecule has 0 bridgehead atoms. The van der Waals surface area contributed by atoms with Gasteiger partial charge in [-0.05, 0) is 80.5 Å². The number of fused-ring (bicyclic) bond motifs is 5. The molecule has 0 amide bonds. The number of carbonyl (C=O) groups is 1. The van der Waals surface area contributed by atoms with Crippen molar-refractivity contribution < 1.29 is 9.18 Å². The molecule has 3 fully saturated rings. The quantitative estimate of drug-likeness (QED) is 0.584. The minimum absolute atomic E-state index is 0.228. The SMILES string of the molecule is CC(=O)C1CCC2C3CC=C4C[C@@H](F)CCC4(C)C3CCC12C. The molecule has 0 saturated heterocycles. The fourth-order valence-corrected chi connectivity index (χ4v) is 7.28. The van der Waals surface area contributed by atoms with Crippen molar-refractivity contribution in [2.75, 3.05) is 0 Å². The van der Waals surface area contributed by atoms with Crippen LogP contribution in [0.5, 0.6) is 0 Å². The van der Waals surface area contributed by atoms with Crippen LogP contribution in [-0.2, 0) is 4.79 Å². The number of rotatable bonds is 1. The second-order valence-corrected chi connectivity index (χ2v) is 9.38. The summed E-state index contributed by atoms with van der Waals surface area (Å²) in [6.45, 7) is 6.61. The molecule has 6 unspecified atom stereocenters. The van der Waals surface area contributed by atoms with E-state index in [1.165, 1.54) is 24.8 Å². The Morgan fingerprint density at radius 1 is 1.13 bits per heavy atom. The van der Waals surface area contributed by atoms with Crippen LogP contribution in [-0.4, -0.2) is 12.0 Å². The first kappa shape index (κ1) is 15.8. The summed E-state index contributed by atoms with van der Waals surface area (Å²) in [6.07, 6.45) is 10.1. The lowest BCUT2D eigenvalue weighted by molar-refractivity contribution is -0.127. The summed E-state index contributed by atoms with van der Waals surface area (Å²) in [5.74, 6) is 2.84. The molecule has 4 aliphatic rings. The van der Waals surface area contributed by atoms with E-state index in [1.54, 1.807) is 6.92 Å². The summed E-state index contributed by atoms with van der Waals surface area (Å²) in [6, 6.07) is 0. The Hall–Kier alpha value is -0.660. The van der Waals surface area contributed by atoms with Crippen LogP contribution in [0.4, 0.5) is 4.39 Å². The second-order valence-electron chi connectivity index (χ2n) is 9.38. The third kappa shape index (κ3) is 2.12. The van der Waals surface area contributed by atoms with E-state index in [0.717, 1.165) is 37.5 Å². The van der Waals surface area contributed by atoms with Gasteiger partial charge in [-0.15, -0.1) is 0 Å². The molecule has 0 aromatic heterocycles. The third-order valence-corrected chi connectivity index (χ3v) is 8.53. The maximum atomic E-state index is 13.9. The fraction of sp³-hybridized carbons (Fsp3) is 0.857. The fourth-order valence-electron chi connectivity index (χ4n) is 7.28. The van der Waals surface area contributed by atoms with Crippen molar-refractivity contribution in [2.24, 2.45) is 34.5 Å². The van der Waals surface area contributed by atoms with Gasteiger partial charge in [0, 0.05) is 12.3 Å². The smallest absolute Gasteiger partial charge is 0.133 e. The zero-order chi connectivity index (χ0) is 16.4. The molecule has 0 N–H and O–H groups in total. The molecule has 0 aromatic rings. The van der Waals surface area contributed by atoms with E-state index in [0.29, 0.717) is 18.1 Å². The highest BCUT2D eigenvalue weighted by molar-refractivity contribution is 5.79. The number of Topliss-reactive ketones (excluding diaryl/α,β-unsaturated/α-hetero) is 1. The number of halogens is 1. The Morgan fingerprint density at radius 3 is 2.65 bits per heavy atom. The van der Waals surface area contributed by atoms with Crippen molar-refractivity contribution in [2.45, 2.75) is 78.3 Å². The molecule has 4 rings (SSSR count). The maximum Gasteiger partial charge on any atom is 0.133 e. The predicted octanol–water partition coefficient (Wildman–Crippen LogP) is 5.49. The zero-order valence-corrected chi connectivity index (χ0v) is 14.9. The number of ketones is 1. The Balaban J connectivity index is 1.66. The number of alkyl halides is 1. The largest absolute Gasteiger partial charge is 0.300 e. The lowest BCUT2D eigenvalue weighted by atomic mass is 9.47. The Labute approximate surface area is 140 Å². The maximum absolute atomic E-state index is 13.9. The van der Waals surface area contributed by atoms with E-state index in [-0.39, 0.29) is 16.7 Å². The molecule has 3 saturated carbocycles. The normalized spacial score (nSPS) is 52.2. The van der Waals surface area contributed by atoms with E-state index in [9.17, 15) is 9.18 Å². The average Bonchev–Trinajstić information content (AvgIpc) is 2.85. The highest BCUT2D eigenvalue weighted by Gasteiger charge is 2.59. The molecule has 0 spiro atoms. The lowest BCUT2D eigenvalue weighted by Gasteiger charge is -2.57. The van der Waals surface area contributed by atoms with E-state index in [2.05, 4.69) is 19.9 Å². The Kier molecular flexibility index (Phi) is 3.56. The van der Waals surface area contributed by atoms with Crippen LogP contribution in [0.3, 0.4) is 0 Å². The van der Waals surface area contributed by atoms with Crippen LogP contribution in [0.1, 0.15) is 72.1 Å². The molecule has 0 aromatic carbocycles. The molecule has 0 aliphatic heterocycles. The summed E-state index contributed by atoms with van der Waals surface area (Å²) in [4.78, 5) is 12.1. The topological polar surface area (TPSA) is 17.1 Å². The van der Waals surface area contributed by atoms with Gasteiger partial charge >= 0.3 is 0 Å². The number of hydrogen-bond acceptors (Lipinski definition) is 1. The van der Waals surface area contributed by atoms with Gasteiger partial charge in [-0.25, -0.2) is 4.39 Å². The van der Waals surface area contributed by atoms with Gasteiger partial charge in [0.05, 0.1) is 0 Å². The van der Waals surface area contributed by atoms with E-state index in [1.807, 2.05) is 0 Å². The molecular formula is C21H31FO. The van der Waals surface area contributed by atoms with Gasteiger partial charge in [-0.1, -0.05) is 25.5 Å². The zero-order valence-electron chi connectivity index (χ0n) is 14.9. The van der Waals surface area contributed by atoms with Crippen molar-refractivity contribution in [1.29, 1.82) is 0 Å². The van der Waals surface area contributed by atoms with Crippen LogP contribution in [0, 0.1) is 34.5 Å². The van der Waals surface area contributed by atoms with Gasteiger partial charge in [0.15, 0.2) is 0 Å². The predicted molar refractivity (Wildman–Crippen MR) is 90.8 cm³/mol. The molecular weight excluding hydrogens is 287 g/mol. The van der Waals surface area contributed by atoms with Crippen LogP contribution in [0.2, 0.25) is 0 Å². The van der Waals surface area contributed by atoms with Crippen molar-refractivity contribution in [3.05, 3.63) is 11.6 Å². The average molecular weight is 318 g/mol. The molecule has 4 aliphatic carbocycles. The Bertz CT molecular complexity index is 552. The number of hydrogen-bond donors (Lipinski definition) is 0. The minimum atomic E-state index is -0.617. The first-order valence-corrected chi connectivity index (χ1v) is 9.70. The van der Waals surface area contributed by atoms with Gasteiger partial charge < -0.3 is 0 Å². The molecule has 1 nitrogen and oxygen atoms in total. The van der Waals surface area contributed by atoms with Gasteiger partial charge in [0.25, 0.3) is 0 Å². The molecule has 0 radical (unpaired) electrons. The summed E-state index contributed by atoms with van der Waals surface area (Å²) >= 11 is 0. The molecule has 128 valence electrons. The highest BCUT2D eigenvalue weighted by Crippen LogP contribution is 2.66. The lowest BCUT2D eigenvalue weighted by Crippen LogP contribution is -2.50. The molecule has 23 heavy (non-hydrogen) atoms. The van der Waals surface area contributed by atoms with Crippen LogP contribution >= 0.6 is 0 Å². The van der Waals surface area contributed by atoms with Crippen LogP contribution in [0.15, 0.2) is 11.6 Å². The first-order chi connectivity index (χ1) is 10.9. The first-order valence-electron chi connectivity index (χ1n) is 9.70. The van der Waals surface area contributed by atoms with Gasteiger partial charge in [-0.3, -0.25) is 4.79 Å². The highest BCUT2D eigenvalue weighted by atomic mass is 19.1. The standard InChI is InChI=1S/C21H31FO/c1-13(23)17-6-7-18-16-5-4-14-12-15(22)8-10-20(14,2)19(16)9-11-21(17,18)3/h4,15-19H,5-12H2,1-3H3/t15-,16?,17?,18?,19?,20?,21?/m0/s1. The van der Waals surface area contributed by atoms with E-state index >= 15 is 0 Å². The van der Waals surface area contributed by atoms with E-state index in [4.69, 9.17) is 0 Å². The molecule has 7 atom stereocenters. The summed E-state index contributed by atoms with van der Waals surface area (Å²) < 4.78 is 13.9. The van der Waals surface area contributed by atoms with Gasteiger partial charge in [-0.2, -0.15) is 0 Å². The Morgan fingerprint density at radius 2 is 1.91 bits per heavy atom. The third-order valence-electron chi connectivity index (χ3n) is 8.53. The minimum Gasteiger partial charge on any atom is -0.300 e. The van der Waals surface area contributed by atoms with Gasteiger partial charge in [0.1, 0.15) is 12.0 Å². The number of allylic oxidation sites excluding steroid dienone is 2. The summed E-state index contributed by atoms with van der Waals surface area (Å²) in [7, 11) is 0. The summed E-state index contributed by atoms with van der Waals surface area (Å²) in [5.41, 5.74) is 1.88. The van der Waals surface area contributed by atoms with Crippen molar-refractivity contribution in [3.8, 4) is 0 Å². The van der Waals surface area contributed by atoms with Crippen LogP contribution in [0.25, 0.3) is 0 Å². The van der Waals surface area contributed by atoms with Crippen molar-refractivity contribution in [3.63, 3.8) is 0 Å². The molecule has 0 heterocycles. The summed E-state index contributed by atoms with van der Waals surface area (Å²) in [5, 5.41) is 0. The second kappa shape index (κ2) is 5.17. The van der Waals surface area contributed by atoms with E-state index < -0.39 is 6.17 Å². The molecule has 2 heteroatoms. The van der Waals surface area contributed by atoms with Gasteiger partial charge in [0.2, 0.25) is 0 Å². The van der Waals surface area contributed by atoms with Crippen molar-refractivity contribution in [1.82, 2.24) is 0 Å².